The Morgan fingerprint density at radius 2 is 1.96 bits per heavy atom. The molecule has 1 saturated heterocycles. The average molecular weight is 400 g/mol. The van der Waals surface area contributed by atoms with E-state index in [0.29, 0.717) is 22.1 Å². The van der Waals surface area contributed by atoms with Crippen LogP contribution in [-0.2, 0) is 6.18 Å². The second-order valence-electron chi connectivity index (χ2n) is 6.56. The highest BCUT2D eigenvalue weighted by Gasteiger charge is 2.31. The Balaban J connectivity index is 1.78. The van der Waals surface area contributed by atoms with Gasteiger partial charge in [0.25, 0.3) is 0 Å². The Kier molecular flexibility index (Phi) is 6.17. The third-order valence-electron chi connectivity index (χ3n) is 4.44. The molecule has 1 aliphatic rings. The lowest BCUT2D eigenvalue weighted by molar-refractivity contribution is -0.137. The predicted molar refractivity (Wildman–Crippen MR) is 98.5 cm³/mol. The SMILES string of the molecule is C[C@@H](Oc1ccc(Cl)cc1OC1CCCNC1)c1cccc(C(F)(F)F)c1. The monoisotopic (exact) mass is 399 g/mol. The van der Waals surface area contributed by atoms with Gasteiger partial charge in [-0.2, -0.15) is 13.2 Å². The first-order valence-electron chi connectivity index (χ1n) is 8.83. The molecule has 1 aliphatic heterocycles. The molecule has 2 aromatic rings. The lowest BCUT2D eigenvalue weighted by atomic mass is 10.1. The van der Waals surface area contributed by atoms with Crippen molar-refractivity contribution < 1.29 is 22.6 Å². The maximum atomic E-state index is 12.9. The minimum Gasteiger partial charge on any atom is -0.485 e. The van der Waals surface area contributed by atoms with Gasteiger partial charge in [-0.3, -0.25) is 0 Å². The summed E-state index contributed by atoms with van der Waals surface area (Å²) in [5.41, 5.74) is -0.263. The predicted octanol–water partition coefficient (Wildman–Crippen LogP) is 5.63. The molecule has 146 valence electrons. The summed E-state index contributed by atoms with van der Waals surface area (Å²) in [6.07, 6.45) is -3.04. The van der Waals surface area contributed by atoms with E-state index in [-0.39, 0.29) is 6.10 Å². The van der Waals surface area contributed by atoms with Gasteiger partial charge in [0, 0.05) is 17.6 Å². The van der Waals surface area contributed by atoms with E-state index >= 15 is 0 Å². The van der Waals surface area contributed by atoms with Crippen LogP contribution in [0, 0.1) is 0 Å². The van der Waals surface area contributed by atoms with Gasteiger partial charge in [-0.25, -0.2) is 0 Å². The van der Waals surface area contributed by atoms with Gasteiger partial charge >= 0.3 is 6.18 Å². The first-order chi connectivity index (χ1) is 12.8. The first kappa shape index (κ1) is 19.8. The molecule has 3 rings (SSSR count). The second kappa shape index (κ2) is 8.40. The third kappa shape index (κ3) is 5.30. The molecule has 0 radical (unpaired) electrons. The van der Waals surface area contributed by atoms with Crippen LogP contribution >= 0.6 is 11.6 Å². The van der Waals surface area contributed by atoms with Crippen molar-refractivity contribution in [2.45, 2.75) is 38.1 Å². The lowest BCUT2D eigenvalue weighted by Gasteiger charge is -2.26. The lowest BCUT2D eigenvalue weighted by Crippen LogP contribution is -2.37. The number of rotatable bonds is 5. The summed E-state index contributed by atoms with van der Waals surface area (Å²) in [6, 6.07) is 10.2. The van der Waals surface area contributed by atoms with Crippen molar-refractivity contribution in [2.75, 3.05) is 13.1 Å². The van der Waals surface area contributed by atoms with Gasteiger partial charge in [0.15, 0.2) is 11.5 Å². The molecule has 0 amide bonds. The molecule has 7 heteroatoms. The molecule has 0 saturated carbocycles. The molecule has 0 aromatic heterocycles. The van der Waals surface area contributed by atoms with E-state index < -0.39 is 17.8 Å². The normalized spacial score (nSPS) is 18.8. The number of alkyl halides is 3. The fourth-order valence-corrected chi connectivity index (χ4v) is 3.16. The molecule has 1 heterocycles. The van der Waals surface area contributed by atoms with Crippen LogP contribution in [0.1, 0.15) is 37.0 Å². The van der Waals surface area contributed by atoms with Crippen molar-refractivity contribution >= 4 is 11.6 Å². The molecule has 1 unspecified atom stereocenters. The molecule has 1 fully saturated rings. The molecular weight excluding hydrogens is 379 g/mol. The number of nitrogens with one attached hydrogen (secondary N) is 1. The van der Waals surface area contributed by atoms with Crippen molar-refractivity contribution in [3.8, 4) is 11.5 Å². The maximum absolute atomic E-state index is 12.9. The van der Waals surface area contributed by atoms with Crippen molar-refractivity contribution in [3.63, 3.8) is 0 Å². The van der Waals surface area contributed by atoms with E-state index in [1.165, 1.54) is 6.07 Å². The minimum atomic E-state index is -4.39. The number of piperidine rings is 1. The highest BCUT2D eigenvalue weighted by molar-refractivity contribution is 6.30. The topological polar surface area (TPSA) is 30.5 Å². The quantitative estimate of drug-likeness (QED) is 0.706. The summed E-state index contributed by atoms with van der Waals surface area (Å²) >= 11 is 6.08. The summed E-state index contributed by atoms with van der Waals surface area (Å²) in [6.45, 7) is 3.40. The Morgan fingerprint density at radius 3 is 2.67 bits per heavy atom. The largest absolute Gasteiger partial charge is 0.485 e. The van der Waals surface area contributed by atoms with Crippen LogP contribution in [0.3, 0.4) is 0 Å². The van der Waals surface area contributed by atoms with Crippen molar-refractivity contribution in [1.29, 1.82) is 0 Å². The van der Waals surface area contributed by atoms with E-state index in [9.17, 15) is 13.2 Å². The molecule has 27 heavy (non-hydrogen) atoms. The number of ether oxygens (including phenoxy) is 2. The summed E-state index contributed by atoms with van der Waals surface area (Å²) < 4.78 is 50.8. The molecule has 2 aromatic carbocycles. The highest BCUT2D eigenvalue weighted by atomic mass is 35.5. The van der Waals surface area contributed by atoms with E-state index in [2.05, 4.69) is 5.32 Å². The van der Waals surface area contributed by atoms with E-state index in [1.54, 1.807) is 31.2 Å². The Labute approximate surface area is 161 Å². The van der Waals surface area contributed by atoms with Crippen LogP contribution < -0.4 is 14.8 Å². The van der Waals surface area contributed by atoms with Crippen LogP contribution in [0.25, 0.3) is 0 Å². The summed E-state index contributed by atoms with van der Waals surface area (Å²) in [5.74, 6) is 0.949. The van der Waals surface area contributed by atoms with Gasteiger partial charge in [-0.05, 0) is 56.1 Å². The second-order valence-corrected chi connectivity index (χ2v) is 7.00. The van der Waals surface area contributed by atoms with Crippen molar-refractivity contribution in [1.82, 2.24) is 5.32 Å². The number of benzene rings is 2. The fraction of sp³-hybridized carbons (Fsp3) is 0.400. The molecule has 3 nitrogen and oxygen atoms in total. The molecule has 0 spiro atoms. The molecular formula is C20H21ClF3NO2. The van der Waals surface area contributed by atoms with Gasteiger partial charge < -0.3 is 14.8 Å². The van der Waals surface area contributed by atoms with Crippen molar-refractivity contribution in [2.24, 2.45) is 0 Å². The van der Waals surface area contributed by atoms with E-state index in [1.807, 2.05) is 0 Å². The molecule has 2 atom stereocenters. The third-order valence-corrected chi connectivity index (χ3v) is 4.67. The Hall–Kier alpha value is -1.92. The zero-order chi connectivity index (χ0) is 19.4. The van der Waals surface area contributed by atoms with Crippen LogP contribution in [-0.4, -0.2) is 19.2 Å². The Bertz CT molecular complexity index is 776. The minimum absolute atomic E-state index is 0.00318. The van der Waals surface area contributed by atoms with Gasteiger partial charge in [0.2, 0.25) is 0 Å². The smallest absolute Gasteiger partial charge is 0.416 e. The van der Waals surface area contributed by atoms with Crippen LogP contribution in [0.4, 0.5) is 13.2 Å². The molecule has 0 bridgehead atoms. The standard InChI is InChI=1S/C20H21ClF3NO2/c1-13(14-4-2-5-15(10-14)20(22,23)24)26-18-8-7-16(21)11-19(18)27-17-6-3-9-25-12-17/h2,4-5,7-8,10-11,13,17,25H,3,6,9,12H2,1H3/t13-,17?/m1/s1. The van der Waals surface area contributed by atoms with Gasteiger partial charge in [-0.15, -0.1) is 0 Å². The van der Waals surface area contributed by atoms with Gasteiger partial charge in [0.05, 0.1) is 5.56 Å². The molecule has 0 aliphatic carbocycles. The maximum Gasteiger partial charge on any atom is 0.416 e. The summed E-state index contributed by atoms with van der Waals surface area (Å²) in [7, 11) is 0. The van der Waals surface area contributed by atoms with Gasteiger partial charge in [0.1, 0.15) is 12.2 Å². The van der Waals surface area contributed by atoms with Gasteiger partial charge in [-0.1, -0.05) is 23.7 Å². The zero-order valence-corrected chi connectivity index (χ0v) is 15.6. The van der Waals surface area contributed by atoms with E-state index in [0.717, 1.165) is 38.1 Å². The average Bonchev–Trinajstić information content (AvgIpc) is 2.64. The van der Waals surface area contributed by atoms with Crippen molar-refractivity contribution in [3.05, 3.63) is 58.6 Å². The van der Waals surface area contributed by atoms with Crippen LogP contribution in [0.15, 0.2) is 42.5 Å². The zero-order valence-electron chi connectivity index (χ0n) is 14.9. The van der Waals surface area contributed by atoms with E-state index in [4.69, 9.17) is 21.1 Å². The molecule has 1 N–H and O–H groups in total. The number of hydrogen-bond donors (Lipinski definition) is 1. The summed E-state index contributed by atoms with van der Waals surface area (Å²) in [5, 5.41) is 3.78. The van der Waals surface area contributed by atoms with Crippen LogP contribution in [0.2, 0.25) is 5.02 Å². The number of halogens is 4. The number of hydrogen-bond acceptors (Lipinski definition) is 3. The fourth-order valence-electron chi connectivity index (χ4n) is 3.00. The first-order valence-corrected chi connectivity index (χ1v) is 9.21. The highest BCUT2D eigenvalue weighted by Crippen LogP contribution is 2.36. The van der Waals surface area contributed by atoms with Crippen LogP contribution in [0.5, 0.6) is 11.5 Å². The Morgan fingerprint density at radius 1 is 1.15 bits per heavy atom. The summed E-state index contributed by atoms with van der Waals surface area (Å²) in [4.78, 5) is 0.